The number of rotatable bonds is 8. The Morgan fingerprint density at radius 2 is 0.593 bits per heavy atom. The Morgan fingerprint density at radius 1 is 0.210 bits per heavy atom. The van der Waals surface area contributed by atoms with Crippen molar-refractivity contribution in [2.75, 3.05) is 0 Å². The first-order valence-electron chi connectivity index (χ1n) is 27.9. The maximum Gasteiger partial charge on any atom is 0.145 e. The topological polar surface area (TPSA) is 17.8 Å². The van der Waals surface area contributed by atoms with Crippen LogP contribution >= 0.6 is 0 Å². The molecule has 15 aromatic carbocycles. The van der Waals surface area contributed by atoms with Gasteiger partial charge in [0, 0.05) is 11.3 Å². The van der Waals surface area contributed by atoms with Crippen LogP contribution in [0.1, 0.15) is 0 Å². The number of para-hydroxylation sites is 3. The molecule has 0 bridgehead atoms. The normalized spacial score (nSPS) is 11.7. The lowest BCUT2D eigenvalue weighted by atomic mass is 9.82. The summed E-state index contributed by atoms with van der Waals surface area (Å²) in [5.74, 6) is 0.914. The van der Waals surface area contributed by atoms with Gasteiger partial charge in [0.05, 0.1) is 11.0 Å². The van der Waals surface area contributed by atoms with Crippen molar-refractivity contribution >= 4 is 75.7 Å². The van der Waals surface area contributed by atoms with E-state index in [9.17, 15) is 0 Å². The minimum atomic E-state index is 0.914. The standard InChI is InChI=1S/C79H50N2/c1-2-23-64(24-3-1)81-74-32-15-14-31-73(74)80-79(81)63-22-16-21-61(49-63)77-67-27-10-12-29-69(67)78(70-30-13-11-28-68(70)77)62-45-46-71-72(50-62)76(56-41-35-54(36-42-56)60-44-38-52-18-5-7-20-58(52)48-60)66-26-9-8-25-65(66)75(71)55-39-33-53(34-40-55)59-43-37-51-17-4-6-19-57(51)47-59/h1-50H. The summed E-state index contributed by atoms with van der Waals surface area (Å²) in [6.45, 7) is 0. The second-order valence-corrected chi connectivity index (χ2v) is 21.4. The second kappa shape index (κ2) is 19.1. The molecular weight excluding hydrogens is 977 g/mol. The van der Waals surface area contributed by atoms with Crippen LogP contribution in [0.4, 0.5) is 0 Å². The predicted molar refractivity (Wildman–Crippen MR) is 344 cm³/mol. The molecule has 0 amide bonds. The van der Waals surface area contributed by atoms with Gasteiger partial charge < -0.3 is 0 Å². The van der Waals surface area contributed by atoms with E-state index in [0.717, 1.165) is 33.7 Å². The summed E-state index contributed by atoms with van der Waals surface area (Å²) in [5.41, 5.74) is 18.6. The van der Waals surface area contributed by atoms with Crippen molar-refractivity contribution in [2.24, 2.45) is 0 Å². The fourth-order valence-electron chi connectivity index (χ4n) is 13.0. The minimum absolute atomic E-state index is 0.914. The van der Waals surface area contributed by atoms with Crippen molar-refractivity contribution < 1.29 is 0 Å². The zero-order valence-electron chi connectivity index (χ0n) is 44.3. The predicted octanol–water partition coefficient (Wildman–Crippen LogP) is 21.6. The molecule has 1 heterocycles. The monoisotopic (exact) mass is 1030 g/mol. The van der Waals surface area contributed by atoms with E-state index >= 15 is 0 Å². The highest BCUT2D eigenvalue weighted by molar-refractivity contribution is 6.25. The summed E-state index contributed by atoms with van der Waals surface area (Å²) in [7, 11) is 0. The summed E-state index contributed by atoms with van der Waals surface area (Å²) in [6, 6.07) is 112. The van der Waals surface area contributed by atoms with Gasteiger partial charge in [-0.25, -0.2) is 4.98 Å². The summed E-state index contributed by atoms with van der Waals surface area (Å²) in [5, 5.41) is 14.7. The number of benzene rings is 15. The van der Waals surface area contributed by atoms with Crippen molar-refractivity contribution in [3.05, 3.63) is 303 Å². The molecule has 0 atom stereocenters. The molecule has 81 heavy (non-hydrogen) atoms. The lowest BCUT2D eigenvalue weighted by Crippen LogP contribution is -1.97. The van der Waals surface area contributed by atoms with E-state index in [4.69, 9.17) is 4.98 Å². The van der Waals surface area contributed by atoms with Crippen molar-refractivity contribution in [3.8, 4) is 83.8 Å². The Labute approximate surface area is 469 Å². The number of nitrogens with zero attached hydrogens (tertiary/aromatic N) is 2. The van der Waals surface area contributed by atoms with Gasteiger partial charge in [-0.05, 0) is 180 Å². The molecule has 376 valence electrons. The fraction of sp³-hybridized carbons (Fsp3) is 0. The Morgan fingerprint density at radius 3 is 1.14 bits per heavy atom. The van der Waals surface area contributed by atoms with Crippen molar-refractivity contribution in [1.29, 1.82) is 0 Å². The van der Waals surface area contributed by atoms with Crippen molar-refractivity contribution in [2.45, 2.75) is 0 Å². The molecule has 0 saturated carbocycles. The molecule has 16 aromatic rings. The van der Waals surface area contributed by atoms with Crippen LogP contribution in [0.5, 0.6) is 0 Å². The number of imidazole rings is 1. The van der Waals surface area contributed by atoms with Gasteiger partial charge in [0.15, 0.2) is 0 Å². The van der Waals surface area contributed by atoms with E-state index in [0.29, 0.717) is 0 Å². The van der Waals surface area contributed by atoms with Crippen LogP contribution in [0.2, 0.25) is 0 Å². The van der Waals surface area contributed by atoms with E-state index in [2.05, 4.69) is 308 Å². The third-order valence-corrected chi connectivity index (χ3v) is 16.7. The molecule has 0 spiro atoms. The third-order valence-electron chi connectivity index (χ3n) is 16.7. The summed E-state index contributed by atoms with van der Waals surface area (Å²) in [6.07, 6.45) is 0. The van der Waals surface area contributed by atoms with Crippen molar-refractivity contribution in [1.82, 2.24) is 9.55 Å². The number of fused-ring (bicyclic) bond motifs is 7. The zero-order chi connectivity index (χ0) is 53.4. The zero-order valence-corrected chi connectivity index (χ0v) is 44.3. The van der Waals surface area contributed by atoms with Crippen LogP contribution in [0.15, 0.2) is 303 Å². The van der Waals surface area contributed by atoms with Gasteiger partial charge >= 0.3 is 0 Å². The first-order chi connectivity index (χ1) is 40.2. The lowest BCUT2D eigenvalue weighted by Gasteiger charge is -2.21. The fourth-order valence-corrected chi connectivity index (χ4v) is 13.0. The molecule has 0 unspecified atom stereocenters. The molecule has 16 rings (SSSR count). The van der Waals surface area contributed by atoms with Gasteiger partial charge in [0.2, 0.25) is 0 Å². The molecule has 0 aliphatic heterocycles. The molecular formula is C79H50N2. The maximum absolute atomic E-state index is 5.29. The largest absolute Gasteiger partial charge is 0.292 e. The third kappa shape index (κ3) is 7.83. The highest BCUT2D eigenvalue weighted by Crippen LogP contribution is 2.49. The first kappa shape index (κ1) is 46.4. The van der Waals surface area contributed by atoms with Crippen LogP contribution in [-0.2, 0) is 0 Å². The smallest absolute Gasteiger partial charge is 0.145 e. The van der Waals surface area contributed by atoms with E-state index in [1.165, 1.54) is 126 Å². The Kier molecular flexibility index (Phi) is 10.9. The molecule has 2 nitrogen and oxygen atoms in total. The molecule has 2 heteroatoms. The molecule has 0 aliphatic rings. The van der Waals surface area contributed by atoms with Crippen molar-refractivity contribution in [3.63, 3.8) is 0 Å². The van der Waals surface area contributed by atoms with Crippen LogP contribution in [-0.4, -0.2) is 9.55 Å². The van der Waals surface area contributed by atoms with Crippen LogP contribution in [0.25, 0.3) is 160 Å². The molecule has 0 aliphatic carbocycles. The summed E-state index contributed by atoms with van der Waals surface area (Å²) < 4.78 is 2.29. The molecule has 0 saturated heterocycles. The van der Waals surface area contributed by atoms with Gasteiger partial charge in [0.1, 0.15) is 5.82 Å². The summed E-state index contributed by atoms with van der Waals surface area (Å²) in [4.78, 5) is 5.29. The van der Waals surface area contributed by atoms with Gasteiger partial charge in [-0.15, -0.1) is 0 Å². The molecule has 0 fully saturated rings. The van der Waals surface area contributed by atoms with E-state index in [1.807, 2.05) is 0 Å². The van der Waals surface area contributed by atoms with E-state index in [-0.39, 0.29) is 0 Å². The Balaban J connectivity index is 0.900. The maximum atomic E-state index is 5.29. The van der Waals surface area contributed by atoms with Gasteiger partial charge in [0.25, 0.3) is 0 Å². The quantitative estimate of drug-likeness (QED) is 0.139. The number of hydrogen-bond donors (Lipinski definition) is 0. The van der Waals surface area contributed by atoms with Gasteiger partial charge in [-0.2, -0.15) is 0 Å². The SMILES string of the molecule is c1ccc(-n2c(-c3cccc(-c4c5ccccc5c(-c5ccc6c(-c7ccc(-c8ccc9ccccc9c8)cc7)c7ccccc7c(-c7ccc(-c8ccc9ccccc9c8)cc7)c6c5)c5ccccc45)c3)nc3ccccc32)cc1. The number of hydrogen-bond acceptors (Lipinski definition) is 1. The minimum Gasteiger partial charge on any atom is -0.292 e. The van der Waals surface area contributed by atoms with Crippen LogP contribution in [0.3, 0.4) is 0 Å². The number of aromatic nitrogens is 2. The summed E-state index contributed by atoms with van der Waals surface area (Å²) >= 11 is 0. The second-order valence-electron chi connectivity index (χ2n) is 21.4. The van der Waals surface area contributed by atoms with Gasteiger partial charge in [-0.3, -0.25) is 4.57 Å². The molecule has 0 N–H and O–H groups in total. The Bertz CT molecular complexity index is 5090. The first-order valence-corrected chi connectivity index (χ1v) is 27.9. The van der Waals surface area contributed by atoms with Gasteiger partial charge in [-0.1, -0.05) is 255 Å². The highest BCUT2D eigenvalue weighted by Gasteiger charge is 2.22. The van der Waals surface area contributed by atoms with E-state index in [1.54, 1.807) is 0 Å². The highest BCUT2D eigenvalue weighted by atomic mass is 15.1. The molecule has 0 radical (unpaired) electrons. The lowest BCUT2D eigenvalue weighted by molar-refractivity contribution is 1.10. The van der Waals surface area contributed by atoms with Crippen LogP contribution in [0, 0.1) is 0 Å². The van der Waals surface area contributed by atoms with Crippen LogP contribution < -0.4 is 0 Å². The van der Waals surface area contributed by atoms with E-state index < -0.39 is 0 Å². The Hall–Kier alpha value is -10.7. The average Bonchev–Trinajstić information content (AvgIpc) is 4.08. The molecule has 1 aromatic heterocycles. The average molecular weight is 1030 g/mol.